The van der Waals surface area contributed by atoms with Gasteiger partial charge in [-0.15, -0.1) is 0 Å². The lowest BCUT2D eigenvalue weighted by atomic mass is 9.74. The molecule has 0 saturated carbocycles. The van der Waals surface area contributed by atoms with Crippen LogP contribution in [0.2, 0.25) is 0 Å². The van der Waals surface area contributed by atoms with E-state index in [1.165, 1.54) is 0 Å². The predicted octanol–water partition coefficient (Wildman–Crippen LogP) is 3.32. The van der Waals surface area contributed by atoms with E-state index >= 15 is 0 Å². The SMILES string of the molecule is Cc1cccc2c1N(C)C(=O)[C@@]2(C[N+](=O)[O-])c1c[nH]c2c(C)cccc12. The summed E-state index contributed by atoms with van der Waals surface area (Å²) >= 11 is 0. The number of nitrogens with zero attached hydrogens (tertiary/aromatic N) is 2. The summed E-state index contributed by atoms with van der Waals surface area (Å²) < 4.78 is 0. The fourth-order valence-electron chi connectivity index (χ4n) is 4.30. The van der Waals surface area contributed by atoms with Crippen molar-refractivity contribution in [1.82, 2.24) is 4.98 Å². The number of carbonyl (C=O) groups is 1. The number of benzene rings is 2. The highest BCUT2D eigenvalue weighted by atomic mass is 16.6. The first-order valence-electron chi connectivity index (χ1n) is 8.45. The van der Waals surface area contributed by atoms with E-state index in [9.17, 15) is 14.9 Å². The normalized spacial score (nSPS) is 19.2. The van der Waals surface area contributed by atoms with Gasteiger partial charge in [0.2, 0.25) is 12.5 Å². The number of para-hydroxylation sites is 2. The number of hydrogen-bond acceptors (Lipinski definition) is 3. The van der Waals surface area contributed by atoms with Gasteiger partial charge in [0.15, 0.2) is 5.41 Å². The molecule has 132 valence electrons. The Morgan fingerprint density at radius 2 is 1.81 bits per heavy atom. The Hall–Kier alpha value is -3.15. The third-order valence-electron chi connectivity index (χ3n) is 5.45. The number of rotatable bonds is 3. The van der Waals surface area contributed by atoms with Gasteiger partial charge in [-0.3, -0.25) is 14.9 Å². The van der Waals surface area contributed by atoms with Crippen LogP contribution in [0, 0.1) is 24.0 Å². The van der Waals surface area contributed by atoms with Gasteiger partial charge < -0.3 is 9.88 Å². The minimum Gasteiger partial charge on any atom is -0.361 e. The third kappa shape index (κ3) is 1.95. The van der Waals surface area contributed by atoms with Crippen LogP contribution < -0.4 is 4.90 Å². The summed E-state index contributed by atoms with van der Waals surface area (Å²) in [7, 11) is 1.69. The number of aryl methyl sites for hydroxylation is 2. The summed E-state index contributed by atoms with van der Waals surface area (Å²) in [5, 5.41) is 12.5. The second kappa shape index (κ2) is 5.42. The molecule has 6 nitrogen and oxygen atoms in total. The molecule has 1 aliphatic rings. The zero-order chi connectivity index (χ0) is 18.6. The molecular weight excluding hydrogens is 330 g/mol. The molecule has 1 amide bonds. The van der Waals surface area contributed by atoms with Gasteiger partial charge in [-0.25, -0.2) is 0 Å². The molecule has 1 N–H and O–H groups in total. The van der Waals surface area contributed by atoms with Crippen LogP contribution in [0.5, 0.6) is 0 Å². The molecule has 0 saturated heterocycles. The van der Waals surface area contributed by atoms with Crippen LogP contribution in [0.1, 0.15) is 22.3 Å². The van der Waals surface area contributed by atoms with Crippen molar-refractivity contribution in [3.05, 3.63) is 75.0 Å². The molecule has 1 aromatic heterocycles. The lowest BCUT2D eigenvalue weighted by molar-refractivity contribution is -0.486. The summed E-state index contributed by atoms with van der Waals surface area (Å²) in [5.41, 5.74) is 3.67. The minimum atomic E-state index is -1.33. The fraction of sp³-hybridized carbons (Fsp3) is 0.250. The Bertz CT molecular complexity index is 1070. The number of carbonyl (C=O) groups excluding carboxylic acids is 1. The number of aromatic nitrogens is 1. The minimum absolute atomic E-state index is 0.263. The van der Waals surface area contributed by atoms with Crippen molar-refractivity contribution >= 4 is 22.5 Å². The first-order chi connectivity index (χ1) is 12.4. The van der Waals surface area contributed by atoms with Crippen LogP contribution in [0.15, 0.2) is 42.6 Å². The standard InChI is InChI=1S/C20H19N3O3/c1-12-6-4-8-14-16(10-21-17(12)14)20(11-23(25)26)15-9-5-7-13(2)18(15)22(3)19(20)24/h4-10,21H,11H2,1-3H3/t20-/m1/s1. The van der Waals surface area contributed by atoms with Crippen LogP contribution in [-0.2, 0) is 10.2 Å². The maximum absolute atomic E-state index is 13.4. The first kappa shape index (κ1) is 16.3. The number of H-pyrrole nitrogens is 1. The fourth-order valence-corrected chi connectivity index (χ4v) is 4.30. The van der Waals surface area contributed by atoms with Gasteiger partial charge in [0.25, 0.3) is 0 Å². The Morgan fingerprint density at radius 1 is 1.12 bits per heavy atom. The predicted molar refractivity (Wildman–Crippen MR) is 100 cm³/mol. The van der Waals surface area contributed by atoms with Gasteiger partial charge in [-0.1, -0.05) is 36.4 Å². The molecule has 0 unspecified atom stereocenters. The second-order valence-electron chi connectivity index (χ2n) is 6.93. The van der Waals surface area contributed by atoms with Gasteiger partial charge in [-0.05, 0) is 25.0 Å². The molecule has 0 fully saturated rings. The lowest BCUT2D eigenvalue weighted by Gasteiger charge is -2.24. The zero-order valence-electron chi connectivity index (χ0n) is 14.9. The molecule has 6 heteroatoms. The first-order valence-corrected chi connectivity index (χ1v) is 8.45. The van der Waals surface area contributed by atoms with Crippen molar-refractivity contribution in [3.63, 3.8) is 0 Å². The van der Waals surface area contributed by atoms with Crippen molar-refractivity contribution in [1.29, 1.82) is 0 Å². The summed E-state index contributed by atoms with van der Waals surface area (Å²) in [6.07, 6.45) is 1.75. The third-order valence-corrected chi connectivity index (χ3v) is 5.45. The van der Waals surface area contributed by atoms with E-state index < -0.39 is 16.9 Å². The molecule has 2 aromatic carbocycles. The monoisotopic (exact) mass is 349 g/mol. The molecule has 0 aliphatic carbocycles. The molecule has 3 aromatic rings. The Labute approximate surface area is 150 Å². The Balaban J connectivity index is 2.11. The molecule has 0 spiro atoms. The number of likely N-dealkylation sites (N-methyl/N-ethyl adjacent to an activating group) is 1. The highest BCUT2D eigenvalue weighted by Crippen LogP contribution is 2.49. The quantitative estimate of drug-likeness (QED) is 0.582. The molecule has 0 radical (unpaired) electrons. The summed E-state index contributed by atoms with van der Waals surface area (Å²) in [5.74, 6) is -0.263. The zero-order valence-corrected chi connectivity index (χ0v) is 14.9. The number of anilines is 1. The van der Waals surface area contributed by atoms with Crippen LogP contribution in [0.3, 0.4) is 0 Å². The number of amides is 1. The summed E-state index contributed by atoms with van der Waals surface area (Å²) in [4.78, 5) is 29.4. The smallest absolute Gasteiger partial charge is 0.248 e. The van der Waals surface area contributed by atoms with Crippen molar-refractivity contribution in [3.8, 4) is 0 Å². The van der Waals surface area contributed by atoms with Gasteiger partial charge >= 0.3 is 0 Å². The molecule has 2 heterocycles. The average Bonchev–Trinajstić information content (AvgIpc) is 3.11. The van der Waals surface area contributed by atoms with Crippen LogP contribution >= 0.6 is 0 Å². The van der Waals surface area contributed by atoms with Gasteiger partial charge in [0.05, 0.1) is 5.69 Å². The largest absolute Gasteiger partial charge is 0.361 e. The molecular formula is C20H19N3O3. The van der Waals surface area contributed by atoms with Gasteiger partial charge in [0, 0.05) is 40.2 Å². The maximum atomic E-state index is 13.4. The molecule has 1 aliphatic heterocycles. The van der Waals surface area contributed by atoms with Crippen LogP contribution in [0.4, 0.5) is 5.69 Å². The number of fused-ring (bicyclic) bond motifs is 2. The lowest BCUT2D eigenvalue weighted by Crippen LogP contribution is -2.44. The van der Waals surface area contributed by atoms with E-state index in [2.05, 4.69) is 4.98 Å². The topological polar surface area (TPSA) is 79.2 Å². The second-order valence-corrected chi connectivity index (χ2v) is 6.93. The molecule has 1 atom stereocenters. The van der Waals surface area contributed by atoms with Crippen molar-refractivity contribution in [2.75, 3.05) is 18.5 Å². The number of hydrogen-bond donors (Lipinski definition) is 1. The van der Waals surface area contributed by atoms with E-state index in [-0.39, 0.29) is 5.91 Å². The Morgan fingerprint density at radius 3 is 2.54 bits per heavy atom. The number of nitro groups is 1. The van der Waals surface area contributed by atoms with Crippen LogP contribution in [-0.4, -0.2) is 29.4 Å². The molecule has 4 rings (SSSR count). The van der Waals surface area contributed by atoms with E-state index in [0.29, 0.717) is 11.1 Å². The average molecular weight is 349 g/mol. The van der Waals surface area contributed by atoms with Gasteiger partial charge in [-0.2, -0.15) is 0 Å². The summed E-state index contributed by atoms with van der Waals surface area (Å²) in [6, 6.07) is 11.4. The maximum Gasteiger partial charge on any atom is 0.248 e. The van der Waals surface area contributed by atoms with Crippen molar-refractivity contribution < 1.29 is 9.72 Å². The Kier molecular flexibility index (Phi) is 3.41. The van der Waals surface area contributed by atoms with E-state index in [4.69, 9.17) is 0 Å². The highest BCUT2D eigenvalue weighted by molar-refractivity contribution is 6.13. The van der Waals surface area contributed by atoms with Gasteiger partial charge in [0.1, 0.15) is 0 Å². The number of aromatic amines is 1. The van der Waals surface area contributed by atoms with Crippen molar-refractivity contribution in [2.45, 2.75) is 19.3 Å². The highest BCUT2D eigenvalue weighted by Gasteiger charge is 2.56. The van der Waals surface area contributed by atoms with E-state index in [1.54, 1.807) is 18.1 Å². The summed E-state index contributed by atoms with van der Waals surface area (Å²) in [6.45, 7) is 3.42. The van der Waals surface area contributed by atoms with E-state index in [1.807, 2.05) is 50.2 Å². The molecule has 26 heavy (non-hydrogen) atoms. The van der Waals surface area contributed by atoms with Crippen molar-refractivity contribution in [2.24, 2.45) is 0 Å². The van der Waals surface area contributed by atoms with Crippen LogP contribution in [0.25, 0.3) is 10.9 Å². The molecule has 0 bridgehead atoms. The van der Waals surface area contributed by atoms with E-state index in [0.717, 1.165) is 27.7 Å². The number of nitrogens with one attached hydrogen (secondary N) is 1.